The number of rotatable bonds is 2. The fourth-order valence-corrected chi connectivity index (χ4v) is 5.09. The van der Waals surface area contributed by atoms with Crippen molar-refractivity contribution in [2.24, 2.45) is 7.05 Å². The van der Waals surface area contributed by atoms with E-state index >= 15 is 0 Å². The van der Waals surface area contributed by atoms with Crippen molar-refractivity contribution in [2.45, 2.75) is 18.8 Å². The highest BCUT2D eigenvalue weighted by molar-refractivity contribution is 14.1. The summed E-state index contributed by atoms with van der Waals surface area (Å²) in [6.07, 6.45) is 1.78. The van der Waals surface area contributed by atoms with Gasteiger partial charge < -0.3 is 5.32 Å². The van der Waals surface area contributed by atoms with Gasteiger partial charge in [-0.15, -0.1) is 0 Å². The van der Waals surface area contributed by atoms with Gasteiger partial charge in [0.15, 0.2) is 5.78 Å². The Morgan fingerprint density at radius 2 is 1.70 bits per heavy atom. The number of H-pyrrole nitrogens is 1. The molecule has 1 atom stereocenters. The quantitative estimate of drug-likeness (QED) is 0.300. The Balaban J connectivity index is 0.000000219. The highest BCUT2D eigenvalue weighted by Gasteiger charge is 2.39. The molecule has 10 heteroatoms. The van der Waals surface area contributed by atoms with Gasteiger partial charge in [-0.05, 0) is 87.5 Å². The van der Waals surface area contributed by atoms with Gasteiger partial charge in [0, 0.05) is 43.4 Å². The number of aromatic amines is 1. The highest BCUT2D eigenvalue weighted by atomic mass is 127. The molecule has 0 radical (unpaired) electrons. The van der Waals surface area contributed by atoms with E-state index in [1.54, 1.807) is 23.9 Å². The predicted octanol–water partition coefficient (Wildman–Crippen LogP) is 4.87. The van der Waals surface area contributed by atoms with Gasteiger partial charge in [-0.25, -0.2) is 8.78 Å². The molecule has 0 fully saturated rings. The number of nitrogens with one attached hydrogen (secondary N) is 2. The van der Waals surface area contributed by atoms with Crippen molar-refractivity contribution in [3.8, 4) is 0 Å². The molecule has 1 aromatic heterocycles. The molecule has 2 aromatic carbocycles. The third-order valence-corrected chi connectivity index (χ3v) is 7.19. The Morgan fingerprint density at radius 1 is 1.03 bits per heavy atom. The Bertz CT molecular complexity index is 1380. The van der Waals surface area contributed by atoms with Crippen LogP contribution in [0.25, 0.3) is 0 Å². The van der Waals surface area contributed by atoms with E-state index in [9.17, 15) is 23.2 Å². The summed E-state index contributed by atoms with van der Waals surface area (Å²) >= 11 is 3.76. The maximum absolute atomic E-state index is 13.6. The Morgan fingerprint density at radius 3 is 2.33 bits per heavy atom. The molecule has 0 bridgehead atoms. The first-order valence-corrected chi connectivity index (χ1v) is 12.0. The molecule has 0 saturated carbocycles. The second-order valence-electron chi connectivity index (χ2n) is 7.60. The molecule has 1 unspecified atom stereocenters. The summed E-state index contributed by atoms with van der Waals surface area (Å²) in [6.45, 7) is 0. The lowest BCUT2D eigenvalue weighted by molar-refractivity contribution is -0.115. The normalized spacial score (nSPS) is 16.5. The maximum atomic E-state index is 13.6. The molecule has 0 amide bonds. The number of nitrogens with zero attached hydrogens (tertiary/aromatic N) is 1. The van der Waals surface area contributed by atoms with Crippen molar-refractivity contribution in [1.29, 1.82) is 0 Å². The molecule has 2 aliphatic rings. The number of anilines is 1. The minimum atomic E-state index is -0.449. The third-order valence-electron chi connectivity index (χ3n) is 5.54. The van der Waals surface area contributed by atoms with Crippen LogP contribution in [0.3, 0.4) is 0 Å². The van der Waals surface area contributed by atoms with Gasteiger partial charge in [0.2, 0.25) is 0 Å². The number of carbonyl (C=O) groups is 2. The molecule has 170 valence electrons. The molecule has 2 N–H and O–H groups in total. The number of ketones is 1. The summed E-state index contributed by atoms with van der Waals surface area (Å²) in [5.41, 5.74) is 3.05. The number of aldehydes is 1. The van der Waals surface area contributed by atoms with Crippen molar-refractivity contribution in [3.05, 3.63) is 93.5 Å². The molecule has 1 aliphatic heterocycles. The Hall–Kier alpha value is -2.35. The van der Waals surface area contributed by atoms with E-state index in [0.717, 1.165) is 11.3 Å². The van der Waals surface area contributed by atoms with E-state index in [4.69, 9.17) is 0 Å². The molecule has 2 heterocycles. The molecule has 6 nitrogen and oxygen atoms in total. The Kier molecular flexibility index (Phi) is 6.84. The first-order valence-electron chi connectivity index (χ1n) is 9.88. The molecule has 5 rings (SSSR count). The minimum Gasteiger partial charge on any atom is -0.343 e. The van der Waals surface area contributed by atoms with Crippen LogP contribution in [-0.2, 0) is 11.8 Å². The standard InChI is InChI=1S/C16H13FIN3O2.C7H4FIO/c1-21-15-14(16(23)20-21)12(7-2-3-8(17)9(18)6-7)13-10(19-15)4-5-11(13)22;8-6-2-1-5(4-10)3-7(6)9/h2-3,6,12,19H,4-5H2,1H3,(H,20,23);1-4H. The van der Waals surface area contributed by atoms with E-state index in [1.807, 2.05) is 45.2 Å². The van der Waals surface area contributed by atoms with Crippen LogP contribution in [0.2, 0.25) is 0 Å². The van der Waals surface area contributed by atoms with Crippen molar-refractivity contribution < 1.29 is 18.4 Å². The van der Waals surface area contributed by atoms with Gasteiger partial charge in [0.05, 0.1) is 5.56 Å². The number of carbonyl (C=O) groups excluding carboxylic acids is 2. The van der Waals surface area contributed by atoms with Gasteiger partial charge in [0.1, 0.15) is 23.7 Å². The summed E-state index contributed by atoms with van der Waals surface area (Å²) in [7, 11) is 1.75. The lowest BCUT2D eigenvalue weighted by Crippen LogP contribution is -2.23. The van der Waals surface area contributed by atoms with E-state index in [2.05, 4.69) is 10.4 Å². The lowest BCUT2D eigenvalue weighted by atomic mass is 9.82. The molecule has 3 aromatic rings. The number of hydrogen-bond acceptors (Lipinski definition) is 4. The van der Waals surface area contributed by atoms with Crippen LogP contribution in [0.1, 0.15) is 40.2 Å². The second kappa shape index (κ2) is 9.49. The van der Waals surface area contributed by atoms with Crippen LogP contribution in [-0.4, -0.2) is 21.8 Å². The highest BCUT2D eigenvalue weighted by Crippen LogP contribution is 2.44. The van der Waals surface area contributed by atoms with Gasteiger partial charge in [-0.1, -0.05) is 6.07 Å². The number of benzene rings is 2. The van der Waals surface area contributed by atoms with Crippen LogP contribution in [0.5, 0.6) is 0 Å². The van der Waals surface area contributed by atoms with Crippen LogP contribution >= 0.6 is 45.2 Å². The fraction of sp³-hybridized carbons (Fsp3) is 0.174. The monoisotopic (exact) mass is 675 g/mol. The summed E-state index contributed by atoms with van der Waals surface area (Å²) in [5, 5.41) is 5.95. The molecule has 0 spiro atoms. The first-order chi connectivity index (χ1) is 15.7. The summed E-state index contributed by atoms with van der Waals surface area (Å²) in [4.78, 5) is 34.9. The van der Waals surface area contributed by atoms with E-state index < -0.39 is 5.92 Å². The van der Waals surface area contributed by atoms with Gasteiger partial charge in [-0.3, -0.25) is 24.2 Å². The number of hydrogen-bond donors (Lipinski definition) is 2. The molecular weight excluding hydrogens is 658 g/mol. The first kappa shape index (κ1) is 23.8. The predicted molar refractivity (Wildman–Crippen MR) is 136 cm³/mol. The number of fused-ring (bicyclic) bond motifs is 1. The SMILES string of the molecule is Cn1[nH]c(=O)c2c1NC1=C(C(=O)CC1)C2c1ccc(F)c(I)c1.O=Cc1ccc(F)c(I)c1. The number of halogens is 4. The fourth-order valence-electron chi connectivity index (χ4n) is 4.02. The van der Waals surface area contributed by atoms with Crippen molar-refractivity contribution in [3.63, 3.8) is 0 Å². The molecule has 1 aliphatic carbocycles. The third kappa shape index (κ3) is 4.54. The topological polar surface area (TPSA) is 84.0 Å². The van der Waals surface area contributed by atoms with Gasteiger partial charge in [-0.2, -0.15) is 0 Å². The van der Waals surface area contributed by atoms with Crippen molar-refractivity contribution >= 4 is 63.1 Å². The van der Waals surface area contributed by atoms with Crippen LogP contribution in [0, 0.1) is 18.8 Å². The average Bonchev–Trinajstić information content (AvgIpc) is 3.30. The summed E-state index contributed by atoms with van der Waals surface area (Å²) in [5.74, 6) is -0.322. The van der Waals surface area contributed by atoms with Gasteiger partial charge in [0.25, 0.3) is 5.56 Å². The number of aromatic nitrogens is 2. The second-order valence-corrected chi connectivity index (χ2v) is 9.92. The molecular formula is C23H17F2I2N3O3. The zero-order chi connectivity index (χ0) is 23.9. The molecule has 33 heavy (non-hydrogen) atoms. The van der Waals surface area contributed by atoms with Crippen LogP contribution in [0.4, 0.5) is 14.6 Å². The van der Waals surface area contributed by atoms with Crippen LogP contribution < -0.4 is 10.9 Å². The summed E-state index contributed by atoms with van der Waals surface area (Å²) in [6, 6.07) is 8.98. The van der Waals surface area contributed by atoms with Crippen molar-refractivity contribution in [2.75, 3.05) is 5.32 Å². The number of aryl methyl sites for hydroxylation is 1. The zero-order valence-electron chi connectivity index (χ0n) is 17.2. The van der Waals surface area contributed by atoms with Crippen LogP contribution in [0.15, 0.2) is 52.5 Å². The number of Topliss-reactive ketones (excluding diaryl/α,β-unsaturated/α-hetero) is 1. The minimum absolute atomic E-state index is 0.0470. The Labute approximate surface area is 214 Å². The van der Waals surface area contributed by atoms with Crippen molar-refractivity contribution in [1.82, 2.24) is 9.78 Å². The van der Waals surface area contributed by atoms with Gasteiger partial charge >= 0.3 is 0 Å². The maximum Gasteiger partial charge on any atom is 0.270 e. The zero-order valence-corrected chi connectivity index (χ0v) is 21.5. The summed E-state index contributed by atoms with van der Waals surface area (Å²) < 4.78 is 28.7. The average molecular weight is 675 g/mol. The van der Waals surface area contributed by atoms with E-state index in [-0.39, 0.29) is 23.0 Å². The lowest BCUT2D eigenvalue weighted by Gasteiger charge is -2.26. The molecule has 0 saturated heterocycles. The largest absolute Gasteiger partial charge is 0.343 e. The number of allylic oxidation sites excluding steroid dienone is 2. The smallest absolute Gasteiger partial charge is 0.270 e. The van der Waals surface area contributed by atoms with E-state index in [0.29, 0.717) is 48.8 Å². The van der Waals surface area contributed by atoms with E-state index in [1.165, 1.54) is 24.3 Å².